The van der Waals surface area contributed by atoms with E-state index < -0.39 is 0 Å². The molecule has 0 radical (unpaired) electrons. The second-order valence-electron chi connectivity index (χ2n) is 5.65. The predicted molar refractivity (Wildman–Crippen MR) is 98.7 cm³/mol. The van der Waals surface area contributed by atoms with Crippen molar-refractivity contribution >= 4 is 28.7 Å². The summed E-state index contributed by atoms with van der Waals surface area (Å²) >= 11 is 1.45. The molecular formula is C18H19N3O3S. The maximum absolute atomic E-state index is 11.3. The number of ether oxygens (including phenoxy) is 1. The first-order valence-electron chi connectivity index (χ1n) is 7.76. The van der Waals surface area contributed by atoms with E-state index in [9.17, 15) is 9.90 Å². The van der Waals surface area contributed by atoms with E-state index in [1.54, 1.807) is 18.2 Å². The van der Waals surface area contributed by atoms with Gasteiger partial charge in [-0.2, -0.15) is 11.8 Å². The molecule has 0 aliphatic rings. The zero-order chi connectivity index (χ0) is 17.8. The fourth-order valence-electron chi connectivity index (χ4n) is 2.51. The van der Waals surface area contributed by atoms with Gasteiger partial charge < -0.3 is 20.6 Å². The molecule has 130 valence electrons. The molecule has 7 heteroatoms. The molecule has 1 unspecified atom stereocenters. The van der Waals surface area contributed by atoms with E-state index in [2.05, 4.69) is 9.97 Å². The lowest BCUT2D eigenvalue weighted by molar-refractivity contribution is -0.117. The third-order valence-electron chi connectivity index (χ3n) is 3.84. The average molecular weight is 357 g/mol. The Hall–Kier alpha value is -2.67. The van der Waals surface area contributed by atoms with E-state index in [0.29, 0.717) is 24.6 Å². The molecule has 0 fully saturated rings. The number of nitrogens with two attached hydrogens (primary N) is 1. The van der Waals surface area contributed by atoms with Crippen molar-refractivity contribution in [2.45, 2.75) is 18.3 Å². The van der Waals surface area contributed by atoms with Crippen LogP contribution >= 0.6 is 11.8 Å². The number of benzene rings is 2. The molecule has 4 N–H and O–H groups in total. The van der Waals surface area contributed by atoms with Gasteiger partial charge in [0, 0.05) is 6.07 Å². The minimum absolute atomic E-state index is 0.193. The number of phenols is 1. The van der Waals surface area contributed by atoms with Crippen molar-refractivity contribution in [3.63, 3.8) is 0 Å². The fourth-order valence-corrected chi connectivity index (χ4v) is 3.10. The van der Waals surface area contributed by atoms with Crippen molar-refractivity contribution < 1.29 is 14.6 Å². The summed E-state index contributed by atoms with van der Waals surface area (Å²) < 4.78 is 5.73. The first-order chi connectivity index (χ1) is 12.0. The van der Waals surface area contributed by atoms with Crippen molar-refractivity contribution in [2.75, 3.05) is 6.26 Å². The number of nitrogens with zero attached hydrogens (tertiary/aromatic N) is 1. The van der Waals surface area contributed by atoms with Gasteiger partial charge in [0.15, 0.2) is 0 Å². The number of aromatic nitrogens is 2. The maximum Gasteiger partial charge on any atom is 0.230 e. The number of imidazole rings is 1. The van der Waals surface area contributed by atoms with Crippen LogP contribution in [0.3, 0.4) is 0 Å². The van der Waals surface area contributed by atoms with Gasteiger partial charge in [0.1, 0.15) is 23.9 Å². The second kappa shape index (κ2) is 7.48. The van der Waals surface area contributed by atoms with Crippen LogP contribution in [0, 0.1) is 0 Å². The summed E-state index contributed by atoms with van der Waals surface area (Å²) in [7, 11) is 0. The average Bonchev–Trinajstić information content (AvgIpc) is 3.00. The van der Waals surface area contributed by atoms with Crippen molar-refractivity contribution in [1.29, 1.82) is 0 Å². The Kier molecular flexibility index (Phi) is 5.14. The highest BCUT2D eigenvalue weighted by Crippen LogP contribution is 2.20. The van der Waals surface area contributed by atoms with Gasteiger partial charge in [-0.1, -0.05) is 12.1 Å². The summed E-state index contributed by atoms with van der Waals surface area (Å²) in [6, 6.07) is 12.6. The molecule has 1 aromatic heterocycles. The Balaban J connectivity index is 1.62. The van der Waals surface area contributed by atoms with E-state index in [4.69, 9.17) is 10.5 Å². The highest BCUT2D eigenvalue weighted by Gasteiger charge is 2.14. The Morgan fingerprint density at radius 2 is 2.08 bits per heavy atom. The third kappa shape index (κ3) is 4.24. The SMILES string of the molecule is CSC(Cc1ccc(OCc2nc3ccc(O)cc3[nH]2)cc1)C(N)=O. The summed E-state index contributed by atoms with van der Waals surface area (Å²) in [5.74, 6) is 1.29. The molecule has 0 aliphatic carbocycles. The van der Waals surface area contributed by atoms with E-state index in [-0.39, 0.29) is 16.9 Å². The van der Waals surface area contributed by atoms with Crippen LogP contribution in [-0.4, -0.2) is 32.5 Å². The summed E-state index contributed by atoms with van der Waals surface area (Å²) in [5.41, 5.74) is 7.95. The standard InChI is InChI=1S/C18H19N3O3S/c1-25-16(18(19)23)8-11-2-5-13(6-3-11)24-10-17-20-14-7-4-12(22)9-15(14)21-17/h2-7,9,16,22H,8,10H2,1H3,(H2,19,23)(H,20,21). The number of H-pyrrole nitrogens is 1. The van der Waals surface area contributed by atoms with E-state index in [1.807, 2.05) is 30.5 Å². The molecule has 1 amide bonds. The summed E-state index contributed by atoms with van der Waals surface area (Å²) in [5, 5.41) is 9.26. The number of fused-ring (bicyclic) bond motifs is 1. The molecule has 0 spiro atoms. The second-order valence-corrected chi connectivity index (χ2v) is 6.69. The normalized spacial score (nSPS) is 12.2. The first-order valence-corrected chi connectivity index (χ1v) is 9.05. The zero-order valence-corrected chi connectivity index (χ0v) is 14.5. The Morgan fingerprint density at radius 3 is 2.76 bits per heavy atom. The molecule has 1 heterocycles. The van der Waals surface area contributed by atoms with Gasteiger partial charge in [0.25, 0.3) is 0 Å². The van der Waals surface area contributed by atoms with Crippen LogP contribution in [0.5, 0.6) is 11.5 Å². The van der Waals surface area contributed by atoms with E-state index >= 15 is 0 Å². The molecule has 0 aliphatic heterocycles. The highest BCUT2D eigenvalue weighted by atomic mass is 32.2. The smallest absolute Gasteiger partial charge is 0.230 e. The Morgan fingerprint density at radius 1 is 1.32 bits per heavy atom. The van der Waals surface area contributed by atoms with Crippen LogP contribution in [-0.2, 0) is 17.8 Å². The quantitative estimate of drug-likeness (QED) is 0.603. The van der Waals surface area contributed by atoms with Crippen LogP contribution in [0.1, 0.15) is 11.4 Å². The maximum atomic E-state index is 11.3. The largest absolute Gasteiger partial charge is 0.508 e. The van der Waals surface area contributed by atoms with E-state index in [1.165, 1.54) is 11.8 Å². The number of thioether (sulfide) groups is 1. The number of carbonyl (C=O) groups excluding carboxylic acids is 1. The van der Waals surface area contributed by atoms with Gasteiger partial charge in [-0.25, -0.2) is 4.98 Å². The number of rotatable bonds is 7. The Labute approximate surface area is 149 Å². The molecule has 6 nitrogen and oxygen atoms in total. The van der Waals surface area contributed by atoms with Crippen LogP contribution in [0.25, 0.3) is 11.0 Å². The van der Waals surface area contributed by atoms with Gasteiger partial charge in [-0.3, -0.25) is 4.79 Å². The van der Waals surface area contributed by atoms with Gasteiger partial charge in [0.2, 0.25) is 5.91 Å². The number of carbonyl (C=O) groups is 1. The molecule has 1 atom stereocenters. The predicted octanol–water partition coefficient (Wildman–Crippen LogP) is 2.61. The molecule has 0 bridgehead atoms. The number of hydrogen-bond acceptors (Lipinski definition) is 5. The van der Waals surface area contributed by atoms with Crippen molar-refractivity contribution in [3.05, 3.63) is 53.9 Å². The van der Waals surface area contributed by atoms with Crippen molar-refractivity contribution in [2.24, 2.45) is 5.73 Å². The van der Waals surface area contributed by atoms with Crippen LogP contribution in [0.2, 0.25) is 0 Å². The monoisotopic (exact) mass is 357 g/mol. The molecule has 3 aromatic rings. The van der Waals surface area contributed by atoms with Gasteiger partial charge in [0.05, 0.1) is 16.3 Å². The van der Waals surface area contributed by atoms with E-state index in [0.717, 1.165) is 16.6 Å². The Bertz CT molecular complexity index is 877. The number of amides is 1. The minimum atomic E-state index is -0.302. The molecule has 0 saturated carbocycles. The topological polar surface area (TPSA) is 101 Å². The molecule has 0 saturated heterocycles. The number of primary amides is 1. The first kappa shape index (κ1) is 17.2. The number of nitrogens with one attached hydrogen (secondary N) is 1. The lowest BCUT2D eigenvalue weighted by Gasteiger charge is -2.11. The highest BCUT2D eigenvalue weighted by molar-refractivity contribution is 7.99. The third-order valence-corrected chi connectivity index (χ3v) is 4.80. The van der Waals surface area contributed by atoms with Crippen LogP contribution in [0.4, 0.5) is 0 Å². The van der Waals surface area contributed by atoms with Crippen LogP contribution in [0.15, 0.2) is 42.5 Å². The number of phenolic OH excluding ortho intramolecular Hbond substituents is 1. The molecular weight excluding hydrogens is 338 g/mol. The van der Waals surface area contributed by atoms with Crippen LogP contribution < -0.4 is 10.5 Å². The minimum Gasteiger partial charge on any atom is -0.508 e. The summed E-state index contributed by atoms with van der Waals surface area (Å²) in [6.45, 7) is 0.295. The van der Waals surface area contributed by atoms with Gasteiger partial charge in [-0.05, 0) is 42.5 Å². The zero-order valence-electron chi connectivity index (χ0n) is 13.7. The van der Waals surface area contributed by atoms with Gasteiger partial charge >= 0.3 is 0 Å². The molecule has 2 aromatic carbocycles. The fraction of sp³-hybridized carbons (Fsp3) is 0.222. The summed E-state index contributed by atoms with van der Waals surface area (Å²) in [4.78, 5) is 18.8. The van der Waals surface area contributed by atoms with Crippen molar-refractivity contribution in [1.82, 2.24) is 9.97 Å². The van der Waals surface area contributed by atoms with Crippen molar-refractivity contribution in [3.8, 4) is 11.5 Å². The number of aromatic amines is 1. The number of aromatic hydroxyl groups is 1. The lowest BCUT2D eigenvalue weighted by Crippen LogP contribution is -2.27. The lowest BCUT2D eigenvalue weighted by atomic mass is 10.1. The molecule has 25 heavy (non-hydrogen) atoms. The van der Waals surface area contributed by atoms with Gasteiger partial charge in [-0.15, -0.1) is 0 Å². The molecule has 3 rings (SSSR count). The number of hydrogen-bond donors (Lipinski definition) is 3. The summed E-state index contributed by atoms with van der Waals surface area (Å²) in [6.07, 6.45) is 2.48.